The Morgan fingerprint density at radius 3 is 2.82 bits per heavy atom. The summed E-state index contributed by atoms with van der Waals surface area (Å²) in [5, 5.41) is 0.813. The Balaban J connectivity index is 2.96. The van der Waals surface area contributed by atoms with E-state index in [-0.39, 0.29) is 0 Å². The van der Waals surface area contributed by atoms with E-state index in [1.54, 1.807) is 6.07 Å². The van der Waals surface area contributed by atoms with E-state index in [1.807, 2.05) is 12.1 Å². The van der Waals surface area contributed by atoms with E-state index in [0.717, 1.165) is 11.0 Å². The van der Waals surface area contributed by atoms with Crippen LogP contribution < -0.4 is 11.5 Å². The van der Waals surface area contributed by atoms with Crippen LogP contribution in [0.2, 0.25) is 0 Å². The normalized spacial score (nSPS) is 10.2. The van der Waals surface area contributed by atoms with Crippen LogP contribution in [0.3, 0.4) is 0 Å². The van der Waals surface area contributed by atoms with Gasteiger partial charge in [-0.1, -0.05) is 0 Å². The predicted octanol–water partition coefficient (Wildman–Crippen LogP) is 0.935. The van der Waals surface area contributed by atoms with Crippen molar-refractivity contribution in [3.05, 3.63) is 18.2 Å². The summed E-state index contributed by atoms with van der Waals surface area (Å²) in [7, 11) is 1.50. The molecule has 0 radical (unpaired) electrons. The Morgan fingerprint density at radius 2 is 2.09 bits per heavy atom. The third kappa shape index (κ3) is 0.791. The van der Waals surface area contributed by atoms with Crippen LogP contribution in [0.1, 0.15) is 0 Å². The Hall–Kier alpha value is -1.45. The second-order valence-electron chi connectivity index (χ2n) is 2.41. The van der Waals surface area contributed by atoms with Gasteiger partial charge < -0.3 is 0 Å². The van der Waals surface area contributed by atoms with E-state index in [4.69, 9.17) is 15.8 Å². The average Bonchev–Trinajstić information content (AvgIpc) is 2.34. The van der Waals surface area contributed by atoms with Gasteiger partial charge in [0.25, 0.3) is 0 Å². The van der Waals surface area contributed by atoms with Crippen LogP contribution in [-0.4, -0.2) is 7.13 Å². The molecule has 1 aromatic carbocycles. The van der Waals surface area contributed by atoms with Crippen molar-refractivity contribution in [2.75, 3.05) is 11.5 Å². The molecule has 2 rings (SSSR count). The zero-order valence-electron chi connectivity index (χ0n) is 5.87. The second kappa shape index (κ2) is 2.02. The monoisotopic (exact) mass is 146 g/mol. The molecule has 54 valence electrons. The molecule has 3 nitrogen and oxygen atoms in total. The minimum absolute atomic E-state index is 0.595. The molecule has 0 atom stereocenters. The van der Waals surface area contributed by atoms with Crippen LogP contribution in [0.4, 0.5) is 11.3 Å². The number of hydrogen-bond acceptors (Lipinski definition) is 3. The van der Waals surface area contributed by atoms with Gasteiger partial charge in [0.15, 0.2) is 0 Å². The number of hydrogen-bond donors (Lipinski definition) is 2. The van der Waals surface area contributed by atoms with Gasteiger partial charge in [0.05, 0.1) is 0 Å². The Morgan fingerprint density at radius 1 is 1.27 bits per heavy atom. The average molecular weight is 146 g/mol. The van der Waals surface area contributed by atoms with Gasteiger partial charge in [-0.25, -0.2) is 0 Å². The van der Waals surface area contributed by atoms with E-state index in [2.05, 4.69) is 0 Å². The third-order valence-electron chi connectivity index (χ3n) is 1.66. The Labute approximate surface area is 64.2 Å². The van der Waals surface area contributed by atoms with Crippen LogP contribution in [0.25, 0.3) is 11.0 Å². The number of benzene rings is 1. The molecule has 0 unspecified atom stereocenters. The van der Waals surface area contributed by atoms with E-state index in [1.165, 1.54) is 7.13 Å². The molecular weight excluding hydrogens is 139 g/mol. The zero-order chi connectivity index (χ0) is 7.84. The van der Waals surface area contributed by atoms with Crippen molar-refractivity contribution in [2.24, 2.45) is 0 Å². The van der Waals surface area contributed by atoms with Crippen LogP contribution in [-0.2, 0) is 0 Å². The molecular formula is C7H7BN2O. The first kappa shape index (κ1) is 6.28. The molecule has 4 N–H and O–H groups in total. The molecule has 11 heavy (non-hydrogen) atoms. The van der Waals surface area contributed by atoms with Crippen LogP contribution >= 0.6 is 0 Å². The van der Waals surface area contributed by atoms with Gasteiger partial charge >= 0.3 is 63.4 Å². The maximum atomic E-state index is 5.66. The fourth-order valence-corrected chi connectivity index (χ4v) is 1.14. The van der Waals surface area contributed by atoms with Crippen molar-refractivity contribution in [1.29, 1.82) is 0 Å². The summed E-state index contributed by atoms with van der Waals surface area (Å²) in [5.41, 5.74) is 13.3. The standard InChI is InChI=1S/C7H7BN2O/c9-4-2-1-3-5-6(4)7(10)8-11-5/h1-3H,9-10H2. The fraction of sp³-hybridized carbons (Fsp3) is 0. The molecule has 1 heterocycles. The van der Waals surface area contributed by atoms with Crippen LogP contribution in [0.5, 0.6) is 0 Å². The first-order valence-electron chi connectivity index (χ1n) is 3.30. The van der Waals surface area contributed by atoms with Gasteiger partial charge in [-0.3, -0.25) is 0 Å². The maximum absolute atomic E-state index is 5.66. The van der Waals surface area contributed by atoms with Gasteiger partial charge in [-0.2, -0.15) is 0 Å². The fourth-order valence-electron chi connectivity index (χ4n) is 1.14. The summed E-state index contributed by atoms with van der Waals surface area (Å²) in [4.78, 5) is 0. The topological polar surface area (TPSA) is 65.2 Å². The molecule has 4 heteroatoms. The van der Waals surface area contributed by atoms with Crippen molar-refractivity contribution in [3.8, 4) is 0 Å². The molecule has 0 aliphatic carbocycles. The molecule has 2 aromatic rings. The van der Waals surface area contributed by atoms with Crippen molar-refractivity contribution < 1.29 is 4.33 Å². The molecule has 0 aliphatic rings. The number of fused-ring (bicyclic) bond motifs is 1. The molecule has 0 fully saturated rings. The molecule has 0 bridgehead atoms. The second-order valence-corrected chi connectivity index (χ2v) is 2.41. The molecule has 0 saturated heterocycles. The van der Waals surface area contributed by atoms with Gasteiger partial charge in [-0.15, -0.1) is 0 Å². The van der Waals surface area contributed by atoms with Crippen molar-refractivity contribution in [2.45, 2.75) is 0 Å². The number of rotatable bonds is 0. The van der Waals surface area contributed by atoms with E-state index in [0.29, 0.717) is 11.3 Å². The van der Waals surface area contributed by atoms with Crippen LogP contribution in [0, 0.1) is 0 Å². The third-order valence-corrected chi connectivity index (χ3v) is 1.66. The minimum atomic E-state index is 0.595. The summed E-state index contributed by atoms with van der Waals surface area (Å²) in [5.74, 6) is 0. The molecule has 0 aliphatic heterocycles. The van der Waals surface area contributed by atoms with Crippen molar-refractivity contribution in [1.82, 2.24) is 0 Å². The Bertz CT molecular complexity index is 396. The van der Waals surface area contributed by atoms with Crippen molar-refractivity contribution >= 4 is 29.4 Å². The van der Waals surface area contributed by atoms with E-state index >= 15 is 0 Å². The molecule has 0 saturated carbocycles. The quantitative estimate of drug-likeness (QED) is 0.543. The number of anilines is 2. The van der Waals surface area contributed by atoms with Gasteiger partial charge in [-0.05, 0) is 0 Å². The molecule has 1 aromatic heterocycles. The number of nitrogen functional groups attached to an aromatic ring is 2. The number of nitrogens with two attached hydrogens (primary N) is 2. The summed E-state index contributed by atoms with van der Waals surface area (Å²) >= 11 is 0. The Kier molecular flexibility index (Phi) is 1.15. The molecule has 0 amide bonds. The van der Waals surface area contributed by atoms with E-state index in [9.17, 15) is 0 Å². The van der Waals surface area contributed by atoms with Crippen LogP contribution in [0.15, 0.2) is 22.5 Å². The summed E-state index contributed by atoms with van der Waals surface area (Å²) in [6.45, 7) is 0. The van der Waals surface area contributed by atoms with E-state index < -0.39 is 0 Å². The zero-order valence-corrected chi connectivity index (χ0v) is 5.87. The summed E-state index contributed by atoms with van der Waals surface area (Å²) in [6, 6.07) is 5.47. The van der Waals surface area contributed by atoms with Gasteiger partial charge in [0.1, 0.15) is 0 Å². The van der Waals surface area contributed by atoms with Crippen molar-refractivity contribution in [3.63, 3.8) is 0 Å². The van der Waals surface area contributed by atoms with Gasteiger partial charge in [0, 0.05) is 0 Å². The first-order chi connectivity index (χ1) is 5.29. The predicted molar refractivity (Wildman–Crippen MR) is 46.4 cm³/mol. The SMILES string of the molecule is Nc1boc2cccc(N)c12. The van der Waals surface area contributed by atoms with Gasteiger partial charge in [0.2, 0.25) is 0 Å². The summed E-state index contributed by atoms with van der Waals surface area (Å²) < 4.78 is 5.12. The summed E-state index contributed by atoms with van der Waals surface area (Å²) in [6.07, 6.45) is 0. The molecule has 0 spiro atoms. The first-order valence-corrected chi connectivity index (χ1v) is 3.30.